The lowest BCUT2D eigenvalue weighted by Crippen LogP contribution is -2.53. The van der Waals surface area contributed by atoms with Gasteiger partial charge in [-0.05, 0) is 75.7 Å². The lowest BCUT2D eigenvalue weighted by Gasteiger charge is -2.41. The van der Waals surface area contributed by atoms with Gasteiger partial charge in [-0.15, -0.1) is 0 Å². The van der Waals surface area contributed by atoms with Crippen molar-refractivity contribution >= 4 is 5.91 Å². The van der Waals surface area contributed by atoms with Gasteiger partial charge in [-0.25, -0.2) is 8.78 Å². The third-order valence-electron chi connectivity index (χ3n) is 6.78. The topological polar surface area (TPSA) is 23.6 Å². The second kappa shape index (κ2) is 7.52. The van der Waals surface area contributed by atoms with E-state index >= 15 is 0 Å². The molecular weight excluding hydrogens is 370 g/mol. The first kappa shape index (κ1) is 20.0. The van der Waals surface area contributed by atoms with Gasteiger partial charge in [-0.3, -0.25) is 4.79 Å². The third-order valence-corrected chi connectivity index (χ3v) is 6.78. The van der Waals surface area contributed by atoms with E-state index in [0.29, 0.717) is 6.54 Å². The number of halogens is 2. The largest absolute Gasteiger partial charge is 0.337 e. The summed E-state index contributed by atoms with van der Waals surface area (Å²) in [7, 11) is 2.12. The van der Waals surface area contributed by atoms with Crippen molar-refractivity contribution in [2.75, 3.05) is 20.1 Å². The lowest BCUT2D eigenvalue weighted by atomic mass is 9.82. The Balaban J connectivity index is 1.66. The van der Waals surface area contributed by atoms with E-state index in [1.807, 2.05) is 30.9 Å². The van der Waals surface area contributed by atoms with Crippen LogP contribution in [0.25, 0.3) is 0 Å². The van der Waals surface area contributed by atoms with Crippen LogP contribution in [0.5, 0.6) is 0 Å². The van der Waals surface area contributed by atoms with Crippen molar-refractivity contribution in [1.29, 1.82) is 0 Å². The fourth-order valence-corrected chi connectivity index (χ4v) is 5.13. The molecule has 0 saturated carbocycles. The molecule has 0 N–H and O–H groups in total. The summed E-state index contributed by atoms with van der Waals surface area (Å²) in [6.07, 6.45) is 2.02. The average molecular weight is 398 g/mol. The molecule has 0 aromatic heterocycles. The van der Waals surface area contributed by atoms with Crippen LogP contribution >= 0.6 is 0 Å². The van der Waals surface area contributed by atoms with E-state index in [0.717, 1.165) is 30.5 Å². The maximum absolute atomic E-state index is 13.7. The molecule has 2 aromatic carbocycles. The molecule has 0 unspecified atom stereocenters. The van der Waals surface area contributed by atoms with Crippen molar-refractivity contribution in [1.82, 2.24) is 9.80 Å². The van der Waals surface area contributed by atoms with Gasteiger partial charge in [0.15, 0.2) is 0 Å². The number of piperidine rings is 1. The summed E-state index contributed by atoms with van der Waals surface area (Å²) in [6.45, 7) is 5.45. The van der Waals surface area contributed by atoms with Crippen molar-refractivity contribution in [2.24, 2.45) is 0 Å². The zero-order chi connectivity index (χ0) is 20.8. The number of carbonyl (C=O) groups is 1. The first-order valence-electron chi connectivity index (χ1n) is 10.3. The van der Waals surface area contributed by atoms with Crippen molar-refractivity contribution in [3.63, 3.8) is 0 Å². The molecule has 2 saturated heterocycles. The van der Waals surface area contributed by atoms with E-state index in [1.54, 1.807) is 12.1 Å². The van der Waals surface area contributed by atoms with Gasteiger partial charge in [-0.1, -0.05) is 24.3 Å². The number of hydrogen-bond donors (Lipinski definition) is 0. The minimum Gasteiger partial charge on any atom is -0.337 e. The fraction of sp³-hybridized carbons (Fsp3) is 0.458. The van der Waals surface area contributed by atoms with Gasteiger partial charge in [0.25, 0.3) is 0 Å². The molecule has 0 bridgehead atoms. The molecule has 2 fully saturated rings. The molecule has 0 aliphatic carbocycles. The summed E-state index contributed by atoms with van der Waals surface area (Å²) in [5.41, 5.74) is 1.14. The summed E-state index contributed by atoms with van der Waals surface area (Å²) in [6, 6.07) is 13.3. The van der Waals surface area contributed by atoms with Gasteiger partial charge in [-0.2, -0.15) is 0 Å². The maximum Gasteiger partial charge on any atom is 0.232 e. The minimum absolute atomic E-state index is 0.0685. The molecule has 0 spiro atoms. The van der Waals surface area contributed by atoms with Crippen LogP contribution in [0.15, 0.2) is 48.5 Å². The second-order valence-electron chi connectivity index (χ2n) is 8.93. The maximum atomic E-state index is 13.7. The van der Waals surface area contributed by atoms with E-state index in [1.165, 1.54) is 24.3 Å². The quantitative estimate of drug-likeness (QED) is 0.768. The normalized spacial score (nSPS) is 25.1. The van der Waals surface area contributed by atoms with E-state index in [2.05, 4.69) is 11.9 Å². The zero-order valence-corrected chi connectivity index (χ0v) is 17.2. The van der Waals surface area contributed by atoms with E-state index in [4.69, 9.17) is 0 Å². The van der Waals surface area contributed by atoms with Crippen LogP contribution < -0.4 is 0 Å². The predicted octanol–water partition coefficient (Wildman–Crippen LogP) is 4.33. The zero-order valence-electron chi connectivity index (χ0n) is 17.2. The Labute approximate surface area is 171 Å². The standard InChI is InChI=1S/C24H28F2N2O/c1-24(2,17-8-12-19(26)13-9-17)23(29)28-15-20(16-6-10-18(25)11-7-16)22-21(28)5-4-14-27(22)3/h6-13,20-22H,4-5,14-15H2,1-3H3/t20-,21-,22-/m1/s1. The van der Waals surface area contributed by atoms with Crippen LogP contribution in [0.3, 0.4) is 0 Å². The van der Waals surface area contributed by atoms with Crippen LogP contribution in [0.1, 0.15) is 43.7 Å². The summed E-state index contributed by atoms with van der Waals surface area (Å²) in [4.78, 5) is 18.1. The van der Waals surface area contributed by atoms with E-state index < -0.39 is 5.41 Å². The number of benzene rings is 2. The molecular formula is C24H28F2N2O. The molecule has 4 rings (SSSR count). The molecule has 154 valence electrons. The number of carbonyl (C=O) groups excluding carboxylic acids is 1. The lowest BCUT2D eigenvalue weighted by molar-refractivity contribution is -0.138. The van der Waals surface area contributed by atoms with Crippen molar-refractivity contribution in [2.45, 2.75) is 50.1 Å². The van der Waals surface area contributed by atoms with Crippen LogP contribution in [0, 0.1) is 11.6 Å². The van der Waals surface area contributed by atoms with Crippen LogP contribution in [-0.4, -0.2) is 47.9 Å². The Bertz CT molecular complexity index is 879. The summed E-state index contributed by atoms with van der Waals surface area (Å²) >= 11 is 0. The molecule has 3 nitrogen and oxygen atoms in total. The van der Waals surface area contributed by atoms with Gasteiger partial charge < -0.3 is 9.80 Å². The summed E-state index contributed by atoms with van der Waals surface area (Å²) < 4.78 is 26.8. The van der Waals surface area contributed by atoms with Crippen molar-refractivity contribution < 1.29 is 13.6 Å². The molecule has 5 heteroatoms. The molecule has 1 amide bonds. The first-order valence-corrected chi connectivity index (χ1v) is 10.3. The predicted molar refractivity (Wildman–Crippen MR) is 110 cm³/mol. The summed E-state index contributed by atoms with van der Waals surface area (Å²) in [5.74, 6) is -0.327. The third kappa shape index (κ3) is 3.57. The number of amides is 1. The number of fused-ring (bicyclic) bond motifs is 1. The Morgan fingerprint density at radius 2 is 1.59 bits per heavy atom. The highest BCUT2D eigenvalue weighted by Crippen LogP contribution is 2.41. The minimum atomic E-state index is -0.744. The smallest absolute Gasteiger partial charge is 0.232 e. The number of nitrogens with zero attached hydrogens (tertiary/aromatic N) is 2. The summed E-state index contributed by atoms with van der Waals surface area (Å²) in [5, 5.41) is 0. The molecule has 29 heavy (non-hydrogen) atoms. The fourth-order valence-electron chi connectivity index (χ4n) is 5.13. The van der Waals surface area contributed by atoms with Gasteiger partial charge in [0.2, 0.25) is 5.91 Å². The highest BCUT2D eigenvalue weighted by molar-refractivity contribution is 5.88. The highest BCUT2D eigenvalue weighted by Gasteiger charge is 2.50. The SMILES string of the molecule is CN1CCC[C@@H]2[C@H]1[C@@H](c1ccc(F)cc1)CN2C(=O)C(C)(C)c1ccc(F)cc1. The van der Waals surface area contributed by atoms with E-state index in [9.17, 15) is 13.6 Å². The Kier molecular flexibility index (Phi) is 5.19. The highest BCUT2D eigenvalue weighted by atomic mass is 19.1. The van der Waals surface area contributed by atoms with Gasteiger partial charge >= 0.3 is 0 Å². The van der Waals surface area contributed by atoms with E-state index in [-0.39, 0.29) is 35.5 Å². The van der Waals surface area contributed by atoms with Crippen molar-refractivity contribution in [3.05, 3.63) is 71.3 Å². The van der Waals surface area contributed by atoms with Gasteiger partial charge in [0, 0.05) is 24.5 Å². The Morgan fingerprint density at radius 3 is 2.21 bits per heavy atom. The van der Waals surface area contributed by atoms with Gasteiger partial charge in [0.05, 0.1) is 5.41 Å². The second-order valence-corrected chi connectivity index (χ2v) is 8.93. The van der Waals surface area contributed by atoms with Crippen LogP contribution in [0.2, 0.25) is 0 Å². The first-order chi connectivity index (χ1) is 13.8. The Morgan fingerprint density at radius 1 is 1.00 bits per heavy atom. The molecule has 2 aliphatic heterocycles. The molecule has 2 aromatic rings. The van der Waals surface area contributed by atoms with Gasteiger partial charge in [0.1, 0.15) is 11.6 Å². The number of rotatable bonds is 3. The number of likely N-dealkylation sites (N-methyl/N-ethyl adjacent to an activating group) is 1. The molecule has 3 atom stereocenters. The van der Waals surface area contributed by atoms with Crippen LogP contribution in [-0.2, 0) is 10.2 Å². The van der Waals surface area contributed by atoms with Crippen molar-refractivity contribution in [3.8, 4) is 0 Å². The average Bonchev–Trinajstić information content (AvgIpc) is 3.09. The number of hydrogen-bond acceptors (Lipinski definition) is 2. The van der Waals surface area contributed by atoms with Crippen LogP contribution in [0.4, 0.5) is 8.78 Å². The monoisotopic (exact) mass is 398 g/mol. The molecule has 0 radical (unpaired) electrons. The molecule has 2 heterocycles. The Hall–Kier alpha value is -2.27. The molecule has 2 aliphatic rings. The number of likely N-dealkylation sites (tertiary alicyclic amines) is 2.